The monoisotopic (exact) mass is 250 g/mol. The molecule has 1 aromatic rings. The molecule has 2 rings (SSSR count). The van der Waals surface area contributed by atoms with Crippen LogP contribution in [0.1, 0.15) is 25.0 Å². The largest absolute Gasteiger partial charge is 0.378 e. The summed E-state index contributed by atoms with van der Waals surface area (Å²) in [7, 11) is 0. The fraction of sp³-hybridized carbons (Fsp3) is 0.692. The molecule has 100 valence electrons. The first kappa shape index (κ1) is 13.4. The molecule has 5 nitrogen and oxygen atoms in total. The van der Waals surface area contributed by atoms with Gasteiger partial charge in [0.2, 0.25) is 0 Å². The summed E-state index contributed by atoms with van der Waals surface area (Å²) in [4.78, 5) is 10.6. The van der Waals surface area contributed by atoms with Crippen LogP contribution in [0, 0.1) is 0 Å². The highest BCUT2D eigenvalue weighted by Gasteiger charge is 2.19. The minimum Gasteiger partial charge on any atom is -0.378 e. The molecule has 2 heterocycles. The van der Waals surface area contributed by atoms with Crippen LogP contribution in [-0.4, -0.2) is 47.2 Å². The van der Waals surface area contributed by atoms with Crippen LogP contribution < -0.4 is 5.73 Å². The van der Waals surface area contributed by atoms with E-state index < -0.39 is 0 Å². The maximum atomic E-state index is 5.79. The highest BCUT2D eigenvalue weighted by atomic mass is 16.5. The molecule has 2 N–H and O–H groups in total. The lowest BCUT2D eigenvalue weighted by Crippen LogP contribution is -2.37. The van der Waals surface area contributed by atoms with Gasteiger partial charge in [-0.25, -0.2) is 9.97 Å². The second-order valence-electron chi connectivity index (χ2n) is 4.69. The van der Waals surface area contributed by atoms with Gasteiger partial charge in [0.25, 0.3) is 0 Å². The van der Waals surface area contributed by atoms with Gasteiger partial charge in [-0.2, -0.15) is 0 Å². The van der Waals surface area contributed by atoms with Crippen molar-refractivity contribution in [3.8, 4) is 0 Å². The van der Waals surface area contributed by atoms with E-state index in [4.69, 9.17) is 10.5 Å². The van der Waals surface area contributed by atoms with Crippen LogP contribution in [0.15, 0.2) is 18.6 Å². The maximum absolute atomic E-state index is 5.79. The van der Waals surface area contributed by atoms with Gasteiger partial charge in [-0.3, -0.25) is 4.90 Å². The fourth-order valence-electron chi connectivity index (χ4n) is 2.21. The van der Waals surface area contributed by atoms with E-state index in [-0.39, 0.29) is 0 Å². The number of likely N-dealkylation sites (tertiary alicyclic amines) is 1. The van der Waals surface area contributed by atoms with Crippen molar-refractivity contribution in [2.75, 3.05) is 26.2 Å². The Morgan fingerprint density at radius 2 is 2.22 bits per heavy atom. The molecule has 0 aromatic carbocycles. The molecule has 0 saturated carbocycles. The van der Waals surface area contributed by atoms with Crippen molar-refractivity contribution in [1.82, 2.24) is 14.9 Å². The van der Waals surface area contributed by atoms with Crippen molar-refractivity contribution in [3.63, 3.8) is 0 Å². The third-order valence-electron chi connectivity index (χ3n) is 3.27. The molecule has 0 unspecified atom stereocenters. The first-order valence-electron chi connectivity index (χ1n) is 6.67. The van der Waals surface area contributed by atoms with E-state index >= 15 is 0 Å². The quantitative estimate of drug-likeness (QED) is 0.757. The molecule has 0 spiro atoms. The number of rotatable bonds is 6. The van der Waals surface area contributed by atoms with Crippen molar-refractivity contribution < 1.29 is 4.74 Å². The molecule has 1 aliphatic rings. The van der Waals surface area contributed by atoms with Crippen LogP contribution in [0.25, 0.3) is 0 Å². The Morgan fingerprint density at radius 1 is 1.39 bits per heavy atom. The van der Waals surface area contributed by atoms with Crippen molar-refractivity contribution in [2.45, 2.75) is 31.9 Å². The Morgan fingerprint density at radius 3 is 2.89 bits per heavy atom. The molecule has 1 aromatic heterocycles. The van der Waals surface area contributed by atoms with Crippen LogP contribution >= 0.6 is 0 Å². The van der Waals surface area contributed by atoms with Gasteiger partial charge in [-0.1, -0.05) is 0 Å². The summed E-state index contributed by atoms with van der Waals surface area (Å²) in [5.41, 5.74) is 6.54. The number of ether oxygens (including phenoxy) is 1. The third kappa shape index (κ3) is 4.33. The Bertz CT molecular complexity index is 325. The van der Waals surface area contributed by atoms with Gasteiger partial charge in [-0.15, -0.1) is 0 Å². The lowest BCUT2D eigenvalue weighted by atomic mass is 10.1. The number of hydrogen-bond donors (Lipinski definition) is 1. The van der Waals surface area contributed by atoms with Crippen LogP contribution in [0.2, 0.25) is 0 Å². The fourth-order valence-corrected chi connectivity index (χ4v) is 2.21. The Kier molecular flexibility index (Phi) is 5.51. The van der Waals surface area contributed by atoms with Gasteiger partial charge in [0, 0.05) is 32.4 Å². The van der Waals surface area contributed by atoms with Crippen molar-refractivity contribution >= 4 is 0 Å². The van der Waals surface area contributed by atoms with Gasteiger partial charge < -0.3 is 10.5 Å². The van der Waals surface area contributed by atoms with Gasteiger partial charge in [0.05, 0.1) is 11.8 Å². The second kappa shape index (κ2) is 7.41. The summed E-state index contributed by atoms with van der Waals surface area (Å²) in [6.07, 6.45) is 6.99. The first-order valence-corrected chi connectivity index (χ1v) is 6.67. The van der Waals surface area contributed by atoms with Gasteiger partial charge >= 0.3 is 0 Å². The molecule has 0 radical (unpaired) electrons. The molecule has 1 fully saturated rings. The van der Waals surface area contributed by atoms with E-state index in [1.807, 2.05) is 6.07 Å². The molecule has 0 atom stereocenters. The first-order chi connectivity index (χ1) is 8.88. The summed E-state index contributed by atoms with van der Waals surface area (Å²) in [5.74, 6) is 0. The van der Waals surface area contributed by atoms with Crippen LogP contribution in [0.4, 0.5) is 0 Å². The van der Waals surface area contributed by atoms with Gasteiger partial charge in [0.15, 0.2) is 0 Å². The average Bonchev–Trinajstić information content (AvgIpc) is 2.42. The zero-order valence-electron chi connectivity index (χ0n) is 10.8. The maximum Gasteiger partial charge on any atom is 0.115 e. The highest BCUT2D eigenvalue weighted by molar-refractivity contribution is 4.97. The van der Waals surface area contributed by atoms with E-state index in [0.29, 0.717) is 12.6 Å². The minimum atomic E-state index is 0.415. The SMILES string of the molecule is NCCCOC1CCN(Cc2ccncn2)CC1. The molecule has 0 amide bonds. The number of piperidine rings is 1. The van der Waals surface area contributed by atoms with E-state index in [1.54, 1.807) is 12.5 Å². The van der Waals surface area contributed by atoms with Crippen LogP contribution in [0.5, 0.6) is 0 Å². The molecule has 0 aliphatic carbocycles. The molecule has 1 aliphatic heterocycles. The number of hydrogen-bond acceptors (Lipinski definition) is 5. The Balaban J connectivity index is 1.67. The van der Waals surface area contributed by atoms with E-state index in [0.717, 1.165) is 51.2 Å². The summed E-state index contributed by atoms with van der Waals surface area (Å²) >= 11 is 0. The smallest absolute Gasteiger partial charge is 0.115 e. The highest BCUT2D eigenvalue weighted by Crippen LogP contribution is 2.15. The lowest BCUT2D eigenvalue weighted by molar-refractivity contribution is 0.00540. The standard InChI is InChI=1S/C13H22N4O/c14-5-1-9-18-13-3-7-17(8-4-13)10-12-2-6-15-11-16-12/h2,6,11,13H,1,3-5,7-10,14H2. The number of nitrogens with zero attached hydrogens (tertiary/aromatic N) is 3. The lowest BCUT2D eigenvalue weighted by Gasteiger charge is -2.31. The Hall–Kier alpha value is -1.04. The molecule has 0 bridgehead atoms. The van der Waals surface area contributed by atoms with Crippen molar-refractivity contribution in [2.24, 2.45) is 5.73 Å². The zero-order chi connectivity index (χ0) is 12.6. The predicted octanol–water partition coefficient (Wildman–Crippen LogP) is 0.806. The predicted molar refractivity (Wildman–Crippen MR) is 70.0 cm³/mol. The summed E-state index contributed by atoms with van der Waals surface area (Å²) in [5, 5.41) is 0. The normalized spacial score (nSPS) is 18.1. The third-order valence-corrected chi connectivity index (χ3v) is 3.27. The summed E-state index contributed by atoms with van der Waals surface area (Å²) < 4.78 is 5.79. The molecule has 18 heavy (non-hydrogen) atoms. The van der Waals surface area contributed by atoms with Crippen molar-refractivity contribution in [3.05, 3.63) is 24.3 Å². The summed E-state index contributed by atoms with van der Waals surface area (Å²) in [6.45, 7) is 4.59. The average molecular weight is 250 g/mol. The minimum absolute atomic E-state index is 0.415. The van der Waals surface area contributed by atoms with Gasteiger partial charge in [-0.05, 0) is 31.9 Å². The Labute approximate surface area is 108 Å². The van der Waals surface area contributed by atoms with Crippen LogP contribution in [-0.2, 0) is 11.3 Å². The van der Waals surface area contributed by atoms with E-state index in [1.165, 1.54) is 0 Å². The van der Waals surface area contributed by atoms with E-state index in [9.17, 15) is 0 Å². The van der Waals surface area contributed by atoms with Gasteiger partial charge in [0.1, 0.15) is 6.33 Å². The second-order valence-corrected chi connectivity index (χ2v) is 4.69. The topological polar surface area (TPSA) is 64.3 Å². The molecule has 5 heteroatoms. The summed E-state index contributed by atoms with van der Waals surface area (Å²) in [6, 6.07) is 1.98. The van der Waals surface area contributed by atoms with Crippen molar-refractivity contribution in [1.29, 1.82) is 0 Å². The number of nitrogens with two attached hydrogens (primary N) is 1. The van der Waals surface area contributed by atoms with E-state index in [2.05, 4.69) is 14.9 Å². The molecular formula is C13H22N4O. The number of aromatic nitrogens is 2. The molecule has 1 saturated heterocycles. The molecular weight excluding hydrogens is 228 g/mol. The zero-order valence-corrected chi connectivity index (χ0v) is 10.8. The van der Waals surface area contributed by atoms with Crippen LogP contribution in [0.3, 0.4) is 0 Å².